The van der Waals surface area contributed by atoms with Gasteiger partial charge in [-0.05, 0) is 30.2 Å². The van der Waals surface area contributed by atoms with Gasteiger partial charge in [-0.25, -0.2) is 4.79 Å². The molecule has 0 fully saturated rings. The van der Waals surface area contributed by atoms with Gasteiger partial charge in [0.15, 0.2) is 0 Å². The third-order valence-corrected chi connectivity index (χ3v) is 3.64. The van der Waals surface area contributed by atoms with Gasteiger partial charge < -0.3 is 4.98 Å². The molecule has 0 radical (unpaired) electrons. The molecule has 0 aliphatic rings. The van der Waals surface area contributed by atoms with Crippen LogP contribution in [0.1, 0.15) is 11.1 Å². The van der Waals surface area contributed by atoms with Crippen LogP contribution in [0.25, 0.3) is 11.0 Å². The molecule has 2 aromatic carbocycles. The number of halogens is 1. The van der Waals surface area contributed by atoms with Crippen LogP contribution in [0.15, 0.2) is 47.3 Å². The van der Waals surface area contributed by atoms with Crippen molar-refractivity contribution in [3.63, 3.8) is 0 Å². The Hall–Kier alpha value is -2.00. The SMILES string of the molecule is Cc1ccccc1Cn1c(=O)[nH]c2cccc(Cl)c21. The lowest BCUT2D eigenvalue weighted by Crippen LogP contribution is -2.17. The summed E-state index contributed by atoms with van der Waals surface area (Å²) in [5, 5.41) is 0.587. The minimum absolute atomic E-state index is 0.133. The van der Waals surface area contributed by atoms with Crippen molar-refractivity contribution in [2.45, 2.75) is 13.5 Å². The van der Waals surface area contributed by atoms with Crippen molar-refractivity contribution in [2.24, 2.45) is 0 Å². The van der Waals surface area contributed by atoms with Crippen LogP contribution < -0.4 is 5.69 Å². The van der Waals surface area contributed by atoms with Crippen LogP contribution in [-0.2, 0) is 6.54 Å². The molecule has 3 rings (SSSR count). The molecule has 19 heavy (non-hydrogen) atoms. The van der Waals surface area contributed by atoms with Crippen LogP contribution in [0.4, 0.5) is 0 Å². The third-order valence-electron chi connectivity index (χ3n) is 3.33. The lowest BCUT2D eigenvalue weighted by molar-refractivity contribution is 0.782. The Bertz CT molecular complexity index is 801. The van der Waals surface area contributed by atoms with Crippen molar-refractivity contribution in [2.75, 3.05) is 0 Å². The molecule has 0 spiro atoms. The Morgan fingerprint density at radius 1 is 1.16 bits per heavy atom. The van der Waals surface area contributed by atoms with Crippen LogP contribution in [0.3, 0.4) is 0 Å². The summed E-state index contributed by atoms with van der Waals surface area (Å²) in [6.45, 7) is 2.56. The van der Waals surface area contributed by atoms with Gasteiger partial charge in [-0.1, -0.05) is 41.9 Å². The molecule has 1 N–H and O–H groups in total. The van der Waals surface area contributed by atoms with E-state index < -0.39 is 0 Å². The molecular weight excluding hydrogens is 260 g/mol. The fraction of sp³-hybridized carbons (Fsp3) is 0.133. The second-order valence-electron chi connectivity index (χ2n) is 4.58. The minimum atomic E-state index is -0.133. The number of rotatable bonds is 2. The predicted octanol–water partition coefficient (Wildman–Crippen LogP) is 3.34. The first-order chi connectivity index (χ1) is 9.16. The lowest BCUT2D eigenvalue weighted by atomic mass is 10.1. The summed E-state index contributed by atoms with van der Waals surface area (Å²) in [6.07, 6.45) is 0. The molecule has 96 valence electrons. The van der Waals surface area contributed by atoms with E-state index in [1.54, 1.807) is 10.6 Å². The summed E-state index contributed by atoms with van der Waals surface area (Å²) in [7, 11) is 0. The number of nitrogens with one attached hydrogen (secondary N) is 1. The van der Waals surface area contributed by atoms with Crippen molar-refractivity contribution in [3.8, 4) is 0 Å². The molecule has 0 amide bonds. The summed E-state index contributed by atoms with van der Waals surface area (Å²) in [6, 6.07) is 13.5. The quantitative estimate of drug-likeness (QED) is 0.763. The van der Waals surface area contributed by atoms with Crippen LogP contribution in [0, 0.1) is 6.92 Å². The first-order valence-corrected chi connectivity index (χ1v) is 6.46. The standard InChI is InChI=1S/C15H13ClN2O/c1-10-5-2-3-6-11(10)9-18-14-12(16)7-4-8-13(14)17-15(18)19/h2-8H,9H2,1H3,(H,17,19). The highest BCUT2D eigenvalue weighted by Gasteiger charge is 2.10. The molecule has 0 saturated heterocycles. The zero-order valence-corrected chi connectivity index (χ0v) is 11.2. The number of aromatic nitrogens is 2. The van der Waals surface area contributed by atoms with Gasteiger partial charge in [0, 0.05) is 0 Å². The number of aromatic amines is 1. The highest BCUT2D eigenvalue weighted by Crippen LogP contribution is 2.22. The van der Waals surface area contributed by atoms with Crippen LogP contribution in [-0.4, -0.2) is 9.55 Å². The number of para-hydroxylation sites is 1. The van der Waals surface area contributed by atoms with Gasteiger partial charge >= 0.3 is 5.69 Å². The molecule has 0 saturated carbocycles. The number of nitrogens with zero attached hydrogens (tertiary/aromatic N) is 1. The smallest absolute Gasteiger partial charge is 0.305 e. The molecule has 0 unspecified atom stereocenters. The highest BCUT2D eigenvalue weighted by molar-refractivity contribution is 6.34. The van der Waals surface area contributed by atoms with E-state index in [0.29, 0.717) is 11.6 Å². The Morgan fingerprint density at radius 3 is 2.74 bits per heavy atom. The minimum Gasteiger partial charge on any atom is -0.305 e. The van der Waals surface area contributed by atoms with E-state index in [1.165, 1.54) is 0 Å². The number of hydrogen-bond acceptors (Lipinski definition) is 1. The largest absolute Gasteiger partial charge is 0.326 e. The van der Waals surface area contributed by atoms with E-state index in [1.807, 2.05) is 43.3 Å². The molecule has 3 nitrogen and oxygen atoms in total. The normalized spacial score (nSPS) is 11.1. The van der Waals surface area contributed by atoms with Gasteiger partial charge in [0.05, 0.1) is 22.6 Å². The first-order valence-electron chi connectivity index (χ1n) is 6.08. The average molecular weight is 273 g/mol. The van der Waals surface area contributed by atoms with Crippen LogP contribution in [0.5, 0.6) is 0 Å². The van der Waals surface area contributed by atoms with Crippen molar-refractivity contribution in [1.82, 2.24) is 9.55 Å². The summed E-state index contributed by atoms with van der Waals surface area (Å²) in [4.78, 5) is 14.9. The Balaban J connectivity index is 2.19. The number of fused-ring (bicyclic) bond motifs is 1. The lowest BCUT2D eigenvalue weighted by Gasteiger charge is -2.07. The number of H-pyrrole nitrogens is 1. The van der Waals surface area contributed by atoms with Gasteiger partial charge in [-0.3, -0.25) is 4.57 Å². The summed E-state index contributed by atoms with van der Waals surface area (Å²) >= 11 is 6.20. The van der Waals surface area contributed by atoms with Gasteiger partial charge in [0.25, 0.3) is 0 Å². The molecule has 1 heterocycles. The number of imidazole rings is 1. The Kier molecular flexibility index (Phi) is 2.91. The first kappa shape index (κ1) is 12.1. The fourth-order valence-electron chi connectivity index (χ4n) is 2.28. The average Bonchev–Trinajstić information content (AvgIpc) is 2.70. The molecule has 0 aliphatic heterocycles. The van der Waals surface area contributed by atoms with E-state index in [9.17, 15) is 4.79 Å². The van der Waals surface area contributed by atoms with E-state index >= 15 is 0 Å². The van der Waals surface area contributed by atoms with Gasteiger partial charge in [-0.2, -0.15) is 0 Å². The second-order valence-corrected chi connectivity index (χ2v) is 4.99. The van der Waals surface area contributed by atoms with Crippen molar-refractivity contribution < 1.29 is 0 Å². The molecule has 1 aromatic heterocycles. The molecule has 0 aliphatic carbocycles. The Labute approximate surface area is 115 Å². The van der Waals surface area contributed by atoms with E-state index in [2.05, 4.69) is 4.98 Å². The highest BCUT2D eigenvalue weighted by atomic mass is 35.5. The summed E-state index contributed by atoms with van der Waals surface area (Å²) < 4.78 is 1.68. The molecule has 0 atom stereocenters. The maximum absolute atomic E-state index is 12.1. The predicted molar refractivity (Wildman–Crippen MR) is 77.8 cm³/mol. The zero-order valence-electron chi connectivity index (χ0n) is 10.5. The van der Waals surface area contributed by atoms with Crippen molar-refractivity contribution in [3.05, 3.63) is 69.1 Å². The molecular formula is C15H13ClN2O. The number of hydrogen-bond donors (Lipinski definition) is 1. The van der Waals surface area contributed by atoms with Gasteiger partial charge in [0.2, 0.25) is 0 Å². The third kappa shape index (κ3) is 2.06. The topological polar surface area (TPSA) is 37.8 Å². The zero-order chi connectivity index (χ0) is 13.4. The molecule has 3 aromatic rings. The fourth-order valence-corrected chi connectivity index (χ4v) is 2.56. The van der Waals surface area contributed by atoms with Crippen molar-refractivity contribution in [1.29, 1.82) is 0 Å². The van der Waals surface area contributed by atoms with Crippen LogP contribution in [0.2, 0.25) is 5.02 Å². The number of benzene rings is 2. The monoisotopic (exact) mass is 272 g/mol. The van der Waals surface area contributed by atoms with E-state index in [-0.39, 0.29) is 5.69 Å². The van der Waals surface area contributed by atoms with Crippen molar-refractivity contribution >= 4 is 22.6 Å². The van der Waals surface area contributed by atoms with Gasteiger partial charge in [0.1, 0.15) is 0 Å². The van der Waals surface area contributed by atoms with Gasteiger partial charge in [-0.15, -0.1) is 0 Å². The second kappa shape index (κ2) is 4.59. The maximum Gasteiger partial charge on any atom is 0.326 e. The van der Waals surface area contributed by atoms with E-state index in [4.69, 9.17) is 11.6 Å². The van der Waals surface area contributed by atoms with E-state index in [0.717, 1.165) is 22.2 Å². The summed E-state index contributed by atoms with van der Waals surface area (Å²) in [5.41, 5.74) is 3.68. The number of aryl methyl sites for hydroxylation is 1. The molecule has 0 bridgehead atoms. The Morgan fingerprint density at radius 2 is 1.95 bits per heavy atom. The summed E-state index contributed by atoms with van der Waals surface area (Å²) in [5.74, 6) is 0. The maximum atomic E-state index is 12.1. The van der Waals surface area contributed by atoms with Crippen LogP contribution >= 0.6 is 11.6 Å². The molecule has 4 heteroatoms.